The molecule has 8 nitrogen and oxygen atoms in total. The van der Waals surface area contributed by atoms with Crippen LogP contribution in [0.4, 0.5) is 0 Å². The minimum absolute atomic E-state index is 0.0844. The van der Waals surface area contributed by atoms with Crippen molar-refractivity contribution < 1.29 is 13.2 Å². The fourth-order valence-corrected chi connectivity index (χ4v) is 5.25. The Morgan fingerprint density at radius 2 is 1.77 bits per heavy atom. The Kier molecular flexibility index (Phi) is 5.71. The molecule has 30 heavy (non-hydrogen) atoms. The third-order valence-corrected chi connectivity index (χ3v) is 7.75. The van der Waals surface area contributed by atoms with E-state index in [0.29, 0.717) is 35.7 Å². The van der Waals surface area contributed by atoms with Crippen LogP contribution in [0.25, 0.3) is 11.0 Å². The van der Waals surface area contributed by atoms with E-state index >= 15 is 0 Å². The summed E-state index contributed by atoms with van der Waals surface area (Å²) < 4.78 is 28.9. The van der Waals surface area contributed by atoms with Crippen molar-refractivity contribution in [3.05, 3.63) is 52.0 Å². The lowest BCUT2D eigenvalue weighted by Crippen LogP contribution is -2.50. The van der Waals surface area contributed by atoms with E-state index in [0.717, 1.165) is 5.52 Å². The molecule has 0 radical (unpaired) electrons. The van der Waals surface area contributed by atoms with Crippen LogP contribution < -0.4 is 0 Å². The first-order chi connectivity index (χ1) is 14.3. The molecule has 2 heterocycles. The number of hydrogen-bond donors (Lipinski definition) is 0. The van der Waals surface area contributed by atoms with Gasteiger partial charge in [0.15, 0.2) is 0 Å². The van der Waals surface area contributed by atoms with Gasteiger partial charge in [0.05, 0.1) is 20.5 Å². The number of carbonyl (C=O) groups is 1. The molecule has 0 bridgehead atoms. The number of fused-ring (bicyclic) bond motifs is 1. The molecule has 1 fully saturated rings. The van der Waals surface area contributed by atoms with Gasteiger partial charge in [0.1, 0.15) is 5.52 Å². The number of hydrogen-bond acceptors (Lipinski definition) is 5. The predicted molar refractivity (Wildman–Crippen MR) is 114 cm³/mol. The Hall–Kier alpha value is -2.20. The summed E-state index contributed by atoms with van der Waals surface area (Å²) in [7, 11) is -3.71. The van der Waals surface area contributed by atoms with E-state index in [1.54, 1.807) is 21.7 Å². The third-order valence-electron chi connectivity index (χ3n) is 5.12. The van der Waals surface area contributed by atoms with Crippen LogP contribution in [-0.2, 0) is 16.6 Å². The number of nitrogens with zero attached hydrogens (tertiary/aromatic N) is 5. The molecule has 1 saturated heterocycles. The van der Waals surface area contributed by atoms with E-state index in [1.807, 2.05) is 13.0 Å². The van der Waals surface area contributed by atoms with Gasteiger partial charge in [-0.1, -0.05) is 28.4 Å². The number of piperazine rings is 1. The second-order valence-corrected chi connectivity index (χ2v) is 9.63. The van der Waals surface area contributed by atoms with Crippen LogP contribution in [0.1, 0.15) is 17.3 Å². The maximum Gasteiger partial charge on any atom is 0.254 e. The largest absolute Gasteiger partial charge is 0.336 e. The number of sulfonamides is 1. The molecule has 0 saturated carbocycles. The number of benzene rings is 2. The van der Waals surface area contributed by atoms with E-state index in [1.165, 1.54) is 22.5 Å². The highest BCUT2D eigenvalue weighted by Crippen LogP contribution is 2.27. The highest BCUT2D eigenvalue weighted by atomic mass is 35.5. The molecular formula is C19H19Cl2N5O3S. The van der Waals surface area contributed by atoms with Gasteiger partial charge >= 0.3 is 0 Å². The average molecular weight is 468 g/mol. The molecule has 1 aromatic heterocycles. The number of halogens is 2. The lowest BCUT2D eigenvalue weighted by Gasteiger charge is -2.34. The molecule has 3 aromatic rings. The van der Waals surface area contributed by atoms with Crippen LogP contribution in [0.3, 0.4) is 0 Å². The summed E-state index contributed by atoms with van der Waals surface area (Å²) in [5, 5.41) is 8.63. The first-order valence-electron chi connectivity index (χ1n) is 9.39. The van der Waals surface area contributed by atoms with Crippen molar-refractivity contribution in [1.29, 1.82) is 0 Å². The van der Waals surface area contributed by atoms with Gasteiger partial charge in [-0.2, -0.15) is 4.31 Å². The van der Waals surface area contributed by atoms with Crippen molar-refractivity contribution in [2.75, 3.05) is 26.2 Å². The summed E-state index contributed by atoms with van der Waals surface area (Å²) in [6.07, 6.45) is 0. The van der Waals surface area contributed by atoms with Gasteiger partial charge in [0.2, 0.25) is 10.0 Å². The molecule has 4 rings (SSSR count). The zero-order valence-corrected chi connectivity index (χ0v) is 18.5. The fourth-order valence-electron chi connectivity index (χ4n) is 3.44. The van der Waals surface area contributed by atoms with E-state index in [2.05, 4.69) is 10.3 Å². The molecule has 1 aliphatic rings. The zero-order chi connectivity index (χ0) is 21.5. The van der Waals surface area contributed by atoms with Crippen molar-refractivity contribution in [3.63, 3.8) is 0 Å². The molecule has 0 N–H and O–H groups in total. The van der Waals surface area contributed by atoms with Crippen LogP contribution in [0.2, 0.25) is 10.0 Å². The summed E-state index contributed by atoms with van der Waals surface area (Å²) in [5.74, 6) is -0.158. The Labute approximate surface area is 184 Å². The third kappa shape index (κ3) is 3.78. The monoisotopic (exact) mass is 467 g/mol. The lowest BCUT2D eigenvalue weighted by molar-refractivity contribution is 0.0698. The predicted octanol–water partition coefficient (Wildman–Crippen LogP) is 2.90. The summed E-state index contributed by atoms with van der Waals surface area (Å²) in [5.41, 5.74) is 2.03. The van der Waals surface area contributed by atoms with Crippen molar-refractivity contribution in [2.24, 2.45) is 0 Å². The number of rotatable bonds is 4. The Balaban J connectivity index is 1.47. The Morgan fingerprint density at radius 1 is 1.03 bits per heavy atom. The maximum atomic E-state index is 12.9. The maximum absolute atomic E-state index is 12.9. The minimum Gasteiger partial charge on any atom is -0.336 e. The van der Waals surface area contributed by atoms with Crippen molar-refractivity contribution in [2.45, 2.75) is 18.4 Å². The topological polar surface area (TPSA) is 88.4 Å². The van der Waals surface area contributed by atoms with E-state index in [-0.39, 0.29) is 28.9 Å². The van der Waals surface area contributed by atoms with Gasteiger partial charge in [-0.25, -0.2) is 13.1 Å². The van der Waals surface area contributed by atoms with Crippen LogP contribution in [0, 0.1) is 0 Å². The molecule has 1 aliphatic heterocycles. The molecular weight excluding hydrogens is 449 g/mol. The Morgan fingerprint density at radius 3 is 2.43 bits per heavy atom. The fraction of sp³-hybridized carbons (Fsp3) is 0.316. The van der Waals surface area contributed by atoms with Crippen LogP contribution >= 0.6 is 23.2 Å². The van der Waals surface area contributed by atoms with Gasteiger partial charge in [-0.15, -0.1) is 5.10 Å². The molecule has 2 aromatic carbocycles. The molecule has 0 atom stereocenters. The molecule has 11 heteroatoms. The minimum atomic E-state index is -3.71. The number of carbonyl (C=O) groups excluding carboxylic acids is 1. The average Bonchev–Trinajstić information content (AvgIpc) is 3.17. The van der Waals surface area contributed by atoms with Gasteiger partial charge in [-0.05, 0) is 43.3 Å². The molecule has 1 amide bonds. The summed E-state index contributed by atoms with van der Waals surface area (Å²) in [6, 6.07) is 9.53. The first kappa shape index (κ1) is 21.0. The quantitative estimate of drug-likeness (QED) is 0.588. The Bertz CT molecular complexity index is 1220. The van der Waals surface area contributed by atoms with Crippen molar-refractivity contribution >= 4 is 50.2 Å². The highest BCUT2D eigenvalue weighted by Gasteiger charge is 2.31. The smallest absolute Gasteiger partial charge is 0.254 e. The normalized spacial score (nSPS) is 15.6. The van der Waals surface area contributed by atoms with Gasteiger partial charge in [0, 0.05) is 38.3 Å². The molecule has 0 spiro atoms. The molecule has 0 aliphatic carbocycles. The standard InChI is InChI=1S/C19H19Cl2N5O3S/c1-2-26-18-6-3-13(11-17(18)22-23-26)19(27)24-7-9-25(10-8-24)30(28,29)14-4-5-15(20)16(21)12-14/h3-6,11-12H,2,7-10H2,1H3. The van der Waals surface area contributed by atoms with Gasteiger partial charge < -0.3 is 4.90 Å². The van der Waals surface area contributed by atoms with Gasteiger partial charge in [-0.3, -0.25) is 4.79 Å². The summed E-state index contributed by atoms with van der Waals surface area (Å²) >= 11 is 11.8. The van der Waals surface area contributed by atoms with E-state index in [9.17, 15) is 13.2 Å². The van der Waals surface area contributed by atoms with Crippen LogP contribution in [0.15, 0.2) is 41.3 Å². The van der Waals surface area contributed by atoms with Gasteiger partial charge in [0.25, 0.3) is 5.91 Å². The molecule has 158 valence electrons. The van der Waals surface area contributed by atoms with Crippen molar-refractivity contribution in [1.82, 2.24) is 24.2 Å². The summed E-state index contributed by atoms with van der Waals surface area (Å²) in [6.45, 7) is 3.64. The van der Waals surface area contributed by atoms with Crippen LogP contribution in [-0.4, -0.2) is 64.7 Å². The first-order valence-corrected chi connectivity index (χ1v) is 11.6. The second kappa shape index (κ2) is 8.14. The summed E-state index contributed by atoms with van der Waals surface area (Å²) in [4.78, 5) is 14.6. The zero-order valence-electron chi connectivity index (χ0n) is 16.1. The highest BCUT2D eigenvalue weighted by molar-refractivity contribution is 7.89. The van der Waals surface area contributed by atoms with Crippen molar-refractivity contribution in [3.8, 4) is 0 Å². The van der Waals surface area contributed by atoms with E-state index in [4.69, 9.17) is 23.2 Å². The lowest BCUT2D eigenvalue weighted by atomic mass is 10.1. The van der Waals surface area contributed by atoms with E-state index < -0.39 is 10.0 Å². The SMILES string of the molecule is CCn1nnc2cc(C(=O)N3CCN(S(=O)(=O)c4ccc(Cl)c(Cl)c4)CC3)ccc21. The second-order valence-electron chi connectivity index (χ2n) is 6.88. The number of aryl methyl sites for hydroxylation is 1. The number of aromatic nitrogens is 3. The molecule has 0 unspecified atom stereocenters. The van der Waals surface area contributed by atoms with Crippen LogP contribution in [0.5, 0.6) is 0 Å². The number of amides is 1.